The van der Waals surface area contributed by atoms with Crippen molar-refractivity contribution in [3.8, 4) is 17.6 Å². The minimum Gasteiger partial charge on any atom is -0.496 e. The highest BCUT2D eigenvalue weighted by Crippen LogP contribution is 2.30. The number of methoxy groups -OCH3 is 1. The molecule has 5 rings (SSSR count). The molecule has 0 saturated heterocycles. The van der Waals surface area contributed by atoms with E-state index in [1.807, 2.05) is 36.0 Å². The minimum absolute atomic E-state index is 0.0429. The monoisotopic (exact) mass is 685 g/mol. The second kappa shape index (κ2) is 15.3. The molecule has 1 heterocycles. The van der Waals surface area contributed by atoms with E-state index in [9.17, 15) is 22.8 Å². The number of hydrogen-bond acceptors (Lipinski definition) is 8. The van der Waals surface area contributed by atoms with Crippen LogP contribution in [0.25, 0.3) is 10.9 Å². The summed E-state index contributed by atoms with van der Waals surface area (Å²) in [4.78, 5) is 36.7. The summed E-state index contributed by atoms with van der Waals surface area (Å²) in [6.07, 6.45) is 5.58. The molecule has 0 bridgehead atoms. The molecule has 1 atom stereocenters. The SMILES string of the molecule is COc1cc(C(=O)NS(=O)(=O)c2ccccc2C#CCC(C)OC(C)=O)ccc1Cc1cn(C)c2ccc(NC(=O)OC3CCCC3)cc12. The van der Waals surface area contributed by atoms with Gasteiger partial charge in [-0.25, -0.2) is 17.9 Å². The van der Waals surface area contributed by atoms with Gasteiger partial charge in [-0.15, -0.1) is 0 Å². The van der Waals surface area contributed by atoms with Gasteiger partial charge in [0.1, 0.15) is 22.9 Å². The normalized spacial score (nSPS) is 13.6. The van der Waals surface area contributed by atoms with Gasteiger partial charge in [0, 0.05) is 60.7 Å². The maximum atomic E-state index is 13.3. The van der Waals surface area contributed by atoms with Crippen molar-refractivity contribution in [2.75, 3.05) is 12.4 Å². The molecule has 0 spiro atoms. The average Bonchev–Trinajstić information content (AvgIpc) is 3.67. The lowest BCUT2D eigenvalue weighted by molar-refractivity contribution is -0.145. The Morgan fingerprint density at radius 3 is 2.51 bits per heavy atom. The number of esters is 1. The number of rotatable bonds is 10. The maximum Gasteiger partial charge on any atom is 0.411 e. The van der Waals surface area contributed by atoms with Gasteiger partial charge in [0.15, 0.2) is 0 Å². The van der Waals surface area contributed by atoms with Crippen LogP contribution in [0.2, 0.25) is 0 Å². The van der Waals surface area contributed by atoms with Crippen molar-refractivity contribution >= 4 is 44.6 Å². The van der Waals surface area contributed by atoms with Crippen molar-refractivity contribution in [2.24, 2.45) is 7.05 Å². The third kappa shape index (κ3) is 8.80. The van der Waals surface area contributed by atoms with Gasteiger partial charge in [-0.1, -0.05) is 30.0 Å². The van der Waals surface area contributed by atoms with Crippen LogP contribution in [0.15, 0.2) is 71.8 Å². The van der Waals surface area contributed by atoms with Crippen molar-refractivity contribution in [1.82, 2.24) is 9.29 Å². The molecule has 11 nitrogen and oxygen atoms in total. The molecule has 2 N–H and O–H groups in total. The third-order valence-electron chi connectivity index (χ3n) is 8.21. The van der Waals surface area contributed by atoms with Crippen LogP contribution in [0.1, 0.15) is 73.0 Å². The smallest absolute Gasteiger partial charge is 0.411 e. The van der Waals surface area contributed by atoms with Crippen LogP contribution in [0.4, 0.5) is 10.5 Å². The Morgan fingerprint density at radius 1 is 1.02 bits per heavy atom. The summed E-state index contributed by atoms with van der Waals surface area (Å²) < 4.78 is 47.0. The number of benzene rings is 3. The van der Waals surface area contributed by atoms with Crippen LogP contribution >= 0.6 is 0 Å². The molecular formula is C37H39N3O8S. The van der Waals surface area contributed by atoms with Crippen molar-refractivity contribution in [2.45, 2.75) is 69.5 Å². The number of anilines is 1. The number of hydrogen-bond donors (Lipinski definition) is 2. The highest BCUT2D eigenvalue weighted by atomic mass is 32.2. The number of fused-ring (bicyclic) bond motifs is 1. The van der Waals surface area contributed by atoms with Gasteiger partial charge in [-0.05, 0) is 86.2 Å². The lowest BCUT2D eigenvalue weighted by atomic mass is 10.0. The van der Waals surface area contributed by atoms with Crippen LogP contribution in [-0.2, 0) is 37.8 Å². The van der Waals surface area contributed by atoms with Gasteiger partial charge in [0.05, 0.1) is 7.11 Å². The number of nitrogens with one attached hydrogen (secondary N) is 2. The lowest BCUT2D eigenvalue weighted by Crippen LogP contribution is -2.31. The zero-order valence-corrected chi connectivity index (χ0v) is 28.7. The van der Waals surface area contributed by atoms with Crippen LogP contribution in [0.5, 0.6) is 5.75 Å². The number of sulfonamides is 1. The van der Waals surface area contributed by atoms with E-state index in [4.69, 9.17) is 14.2 Å². The van der Waals surface area contributed by atoms with Gasteiger partial charge in [-0.3, -0.25) is 14.9 Å². The fourth-order valence-electron chi connectivity index (χ4n) is 5.89. The molecule has 0 radical (unpaired) electrons. The van der Waals surface area contributed by atoms with E-state index >= 15 is 0 Å². The zero-order chi connectivity index (χ0) is 35.1. The van der Waals surface area contributed by atoms with E-state index in [-0.39, 0.29) is 28.5 Å². The predicted molar refractivity (Wildman–Crippen MR) is 185 cm³/mol. The van der Waals surface area contributed by atoms with Crippen molar-refractivity contribution in [3.05, 3.63) is 89.1 Å². The molecule has 0 aliphatic heterocycles. The van der Waals surface area contributed by atoms with Gasteiger partial charge in [0.25, 0.3) is 15.9 Å². The summed E-state index contributed by atoms with van der Waals surface area (Å²) >= 11 is 0. The van der Waals surface area contributed by atoms with E-state index in [2.05, 4.69) is 21.9 Å². The number of aromatic nitrogens is 1. The van der Waals surface area contributed by atoms with Gasteiger partial charge < -0.3 is 18.8 Å². The molecule has 1 fully saturated rings. The van der Waals surface area contributed by atoms with Gasteiger partial charge >= 0.3 is 12.1 Å². The Balaban J connectivity index is 1.31. The first-order chi connectivity index (χ1) is 23.4. The average molecular weight is 686 g/mol. The van der Waals surface area contributed by atoms with Crippen molar-refractivity contribution < 1.29 is 37.0 Å². The molecule has 1 saturated carbocycles. The Labute approximate surface area is 286 Å². The number of carbonyl (C=O) groups is 3. The minimum atomic E-state index is -4.30. The van der Waals surface area contributed by atoms with E-state index in [0.29, 0.717) is 17.9 Å². The van der Waals surface area contributed by atoms with Gasteiger partial charge in [0.2, 0.25) is 0 Å². The standard InChI is InChI=1S/C37H39N3O8S/c1-24(47-25(2)41)10-9-12-26-11-5-8-15-35(26)49(44,45)39-36(42)28-17-16-27(34(21-28)46-4)20-29-23-40(3)33-19-18-30(22-32(29)33)38-37(43)48-31-13-6-7-14-31/h5,8,11,15-19,21-24,31H,6-7,10,13-14,20H2,1-4H3,(H,38,43)(H,39,42). The number of ether oxygens (including phenoxy) is 3. The molecule has 49 heavy (non-hydrogen) atoms. The summed E-state index contributed by atoms with van der Waals surface area (Å²) in [5.41, 5.74) is 3.61. The highest BCUT2D eigenvalue weighted by Gasteiger charge is 2.23. The number of aryl methyl sites for hydroxylation is 1. The maximum absolute atomic E-state index is 13.3. The van der Waals surface area contributed by atoms with E-state index in [1.165, 1.54) is 38.3 Å². The third-order valence-corrected chi connectivity index (χ3v) is 9.60. The summed E-state index contributed by atoms with van der Waals surface area (Å²) in [5.74, 6) is 4.79. The fourth-order valence-corrected chi connectivity index (χ4v) is 7.03. The molecular weight excluding hydrogens is 646 g/mol. The van der Waals surface area contributed by atoms with Crippen LogP contribution in [0, 0.1) is 11.8 Å². The molecule has 4 aromatic rings. The van der Waals surface area contributed by atoms with E-state index in [0.717, 1.165) is 47.7 Å². The van der Waals surface area contributed by atoms with E-state index < -0.39 is 34.1 Å². The molecule has 1 unspecified atom stereocenters. The molecule has 2 amide bonds. The molecule has 1 aliphatic rings. The molecule has 12 heteroatoms. The number of nitrogens with zero attached hydrogens (tertiary/aromatic N) is 1. The van der Waals surface area contributed by atoms with Crippen LogP contribution in [0.3, 0.4) is 0 Å². The fraction of sp³-hybridized carbons (Fsp3) is 0.324. The first-order valence-corrected chi connectivity index (χ1v) is 17.5. The Morgan fingerprint density at radius 2 is 1.78 bits per heavy atom. The molecule has 256 valence electrons. The number of carbonyl (C=O) groups excluding carboxylic acids is 3. The quantitative estimate of drug-likeness (QED) is 0.151. The van der Waals surface area contributed by atoms with Crippen molar-refractivity contribution in [3.63, 3.8) is 0 Å². The van der Waals surface area contributed by atoms with Crippen LogP contribution in [-0.4, -0.2) is 50.3 Å². The summed E-state index contributed by atoms with van der Waals surface area (Å²) in [7, 11) is -0.880. The molecule has 3 aromatic carbocycles. The zero-order valence-electron chi connectivity index (χ0n) is 27.9. The summed E-state index contributed by atoms with van der Waals surface area (Å²) in [6, 6.07) is 16.5. The predicted octanol–water partition coefficient (Wildman–Crippen LogP) is 6.08. The summed E-state index contributed by atoms with van der Waals surface area (Å²) in [6.45, 7) is 2.99. The van der Waals surface area contributed by atoms with Crippen LogP contribution < -0.4 is 14.8 Å². The molecule has 1 aromatic heterocycles. The largest absolute Gasteiger partial charge is 0.496 e. The Hall–Kier alpha value is -5.28. The highest BCUT2D eigenvalue weighted by molar-refractivity contribution is 7.90. The Kier molecular flexibility index (Phi) is 10.9. The first kappa shape index (κ1) is 35.0. The number of amides is 2. The van der Waals surface area contributed by atoms with Gasteiger partial charge in [-0.2, -0.15) is 0 Å². The topological polar surface area (TPSA) is 142 Å². The second-order valence-electron chi connectivity index (χ2n) is 12.0. The van der Waals surface area contributed by atoms with Crippen molar-refractivity contribution in [1.29, 1.82) is 0 Å². The Bertz CT molecular complexity index is 2050. The molecule has 1 aliphatic carbocycles. The second-order valence-corrected chi connectivity index (χ2v) is 13.6. The lowest BCUT2D eigenvalue weighted by Gasteiger charge is -2.13. The first-order valence-electron chi connectivity index (χ1n) is 16.0. The van der Waals surface area contributed by atoms with E-state index in [1.54, 1.807) is 25.1 Å². The summed E-state index contributed by atoms with van der Waals surface area (Å²) in [5, 5.41) is 3.78.